The summed E-state index contributed by atoms with van der Waals surface area (Å²) in [6, 6.07) is 5.97. The van der Waals surface area contributed by atoms with E-state index in [2.05, 4.69) is 6.92 Å². The maximum atomic E-state index is 11.5. The van der Waals surface area contributed by atoms with Gasteiger partial charge < -0.3 is 9.84 Å². The van der Waals surface area contributed by atoms with E-state index in [0.29, 0.717) is 18.6 Å². The van der Waals surface area contributed by atoms with Crippen molar-refractivity contribution in [3.05, 3.63) is 29.8 Å². The number of phenolic OH excluding ortho intramolecular Hbond substituents is 1. The van der Waals surface area contributed by atoms with Crippen molar-refractivity contribution >= 4 is 17.6 Å². The Balaban J connectivity index is 2.32. The molecule has 1 atom stereocenters. The van der Waals surface area contributed by atoms with Crippen LogP contribution >= 0.6 is 11.6 Å². The first-order valence-corrected chi connectivity index (χ1v) is 6.17. The number of hydrogen-bond acceptors (Lipinski definition) is 3. The quantitative estimate of drug-likeness (QED) is 0.627. The number of rotatable bonds is 6. The summed E-state index contributed by atoms with van der Waals surface area (Å²) in [4.78, 5) is 11.5. The molecule has 1 aromatic rings. The zero-order valence-electron chi connectivity index (χ0n) is 9.86. The topological polar surface area (TPSA) is 46.5 Å². The van der Waals surface area contributed by atoms with Crippen LogP contribution in [0.15, 0.2) is 24.3 Å². The fraction of sp³-hybridized carbons (Fsp3) is 0.462. The van der Waals surface area contributed by atoms with E-state index >= 15 is 0 Å². The van der Waals surface area contributed by atoms with Gasteiger partial charge in [0.2, 0.25) is 0 Å². The molecule has 0 fully saturated rings. The summed E-state index contributed by atoms with van der Waals surface area (Å²) in [6.07, 6.45) is 2.62. The lowest BCUT2D eigenvalue weighted by molar-refractivity contribution is 0.0499. The van der Waals surface area contributed by atoms with E-state index in [1.165, 1.54) is 24.3 Å². The van der Waals surface area contributed by atoms with E-state index < -0.39 is 0 Å². The highest BCUT2D eigenvalue weighted by Crippen LogP contribution is 2.12. The van der Waals surface area contributed by atoms with E-state index in [1.807, 2.05) is 0 Å². The fourth-order valence-electron chi connectivity index (χ4n) is 1.42. The summed E-state index contributed by atoms with van der Waals surface area (Å²) in [5, 5.41) is 9.14. The summed E-state index contributed by atoms with van der Waals surface area (Å²) in [6.45, 7) is 2.39. The van der Waals surface area contributed by atoms with Crippen LogP contribution in [-0.2, 0) is 4.74 Å². The number of esters is 1. The molecule has 1 N–H and O–H groups in total. The van der Waals surface area contributed by atoms with Crippen LogP contribution in [0.2, 0.25) is 0 Å². The summed E-state index contributed by atoms with van der Waals surface area (Å²) >= 11 is 6.01. The molecule has 0 amide bonds. The number of benzene rings is 1. The second-order valence-electron chi connectivity index (χ2n) is 3.86. The number of ether oxygens (including phenoxy) is 1. The van der Waals surface area contributed by atoms with Gasteiger partial charge in [0.15, 0.2) is 0 Å². The van der Waals surface area contributed by atoms with E-state index in [1.54, 1.807) is 0 Å². The third-order valence-corrected chi connectivity index (χ3v) is 2.81. The zero-order chi connectivity index (χ0) is 12.7. The molecule has 17 heavy (non-hydrogen) atoms. The fourth-order valence-corrected chi connectivity index (χ4v) is 1.73. The van der Waals surface area contributed by atoms with Crippen molar-refractivity contribution in [3.8, 4) is 5.75 Å². The van der Waals surface area contributed by atoms with Crippen LogP contribution in [0, 0.1) is 0 Å². The van der Waals surface area contributed by atoms with Crippen LogP contribution in [0.3, 0.4) is 0 Å². The molecule has 94 valence electrons. The van der Waals surface area contributed by atoms with Crippen molar-refractivity contribution in [1.29, 1.82) is 0 Å². The SMILES string of the molecule is CCCC(Cl)CCOC(=O)c1ccc(O)cc1. The monoisotopic (exact) mass is 256 g/mol. The number of carbonyl (C=O) groups excluding carboxylic acids is 1. The normalized spacial score (nSPS) is 12.1. The molecule has 0 aliphatic rings. The van der Waals surface area contributed by atoms with Crippen molar-refractivity contribution in [2.45, 2.75) is 31.6 Å². The number of phenols is 1. The zero-order valence-corrected chi connectivity index (χ0v) is 10.6. The van der Waals surface area contributed by atoms with Crippen LogP contribution < -0.4 is 0 Å². The van der Waals surface area contributed by atoms with Gasteiger partial charge in [-0.3, -0.25) is 0 Å². The van der Waals surface area contributed by atoms with Gasteiger partial charge in [-0.05, 0) is 37.1 Å². The van der Waals surface area contributed by atoms with Crippen molar-refractivity contribution in [2.75, 3.05) is 6.61 Å². The molecule has 0 aromatic heterocycles. The van der Waals surface area contributed by atoms with E-state index in [-0.39, 0.29) is 17.1 Å². The maximum Gasteiger partial charge on any atom is 0.338 e. The van der Waals surface area contributed by atoms with Gasteiger partial charge in [0, 0.05) is 5.38 Å². The lowest BCUT2D eigenvalue weighted by atomic mass is 10.2. The largest absolute Gasteiger partial charge is 0.508 e. The van der Waals surface area contributed by atoms with Crippen molar-refractivity contribution < 1.29 is 14.6 Å². The third kappa shape index (κ3) is 5.09. The van der Waals surface area contributed by atoms with Gasteiger partial charge in [-0.2, -0.15) is 0 Å². The second-order valence-corrected chi connectivity index (χ2v) is 4.47. The number of carbonyl (C=O) groups is 1. The second kappa shape index (κ2) is 7.17. The first-order chi connectivity index (χ1) is 8.13. The third-order valence-electron chi connectivity index (χ3n) is 2.37. The Morgan fingerprint density at radius 3 is 2.59 bits per heavy atom. The standard InChI is InChI=1S/C13H17ClO3/c1-2-3-11(14)8-9-17-13(16)10-4-6-12(15)7-5-10/h4-7,11,15H,2-3,8-9H2,1H3. The minimum absolute atomic E-state index is 0.0626. The van der Waals surface area contributed by atoms with Crippen LogP contribution in [0.25, 0.3) is 0 Å². The minimum Gasteiger partial charge on any atom is -0.508 e. The Morgan fingerprint density at radius 1 is 1.35 bits per heavy atom. The molecule has 0 bridgehead atoms. The summed E-state index contributed by atoms with van der Waals surface area (Å²) in [5.74, 6) is -0.254. The Bertz CT molecular complexity index is 348. The Labute approximate surface area is 106 Å². The summed E-state index contributed by atoms with van der Waals surface area (Å²) < 4.78 is 5.08. The first kappa shape index (κ1) is 13.8. The number of alkyl halides is 1. The molecule has 0 spiro atoms. The Hall–Kier alpha value is -1.22. The van der Waals surface area contributed by atoms with Gasteiger partial charge in [0.05, 0.1) is 12.2 Å². The molecule has 1 rings (SSSR count). The van der Waals surface area contributed by atoms with Crippen LogP contribution in [0.1, 0.15) is 36.5 Å². The van der Waals surface area contributed by atoms with E-state index in [4.69, 9.17) is 21.4 Å². The van der Waals surface area contributed by atoms with E-state index in [0.717, 1.165) is 12.8 Å². The van der Waals surface area contributed by atoms with Gasteiger partial charge >= 0.3 is 5.97 Å². The van der Waals surface area contributed by atoms with Crippen LogP contribution in [0.5, 0.6) is 5.75 Å². The van der Waals surface area contributed by atoms with Crippen molar-refractivity contribution in [2.24, 2.45) is 0 Å². The van der Waals surface area contributed by atoms with Gasteiger partial charge in [0.1, 0.15) is 5.75 Å². The van der Waals surface area contributed by atoms with Gasteiger partial charge in [-0.15, -0.1) is 11.6 Å². The predicted octanol–water partition coefficient (Wildman–Crippen LogP) is 3.35. The summed E-state index contributed by atoms with van der Waals surface area (Å²) in [7, 11) is 0. The number of hydrogen-bond donors (Lipinski definition) is 1. The molecule has 4 heteroatoms. The molecule has 0 radical (unpaired) electrons. The minimum atomic E-state index is -0.384. The molecule has 0 saturated heterocycles. The van der Waals surface area contributed by atoms with E-state index in [9.17, 15) is 4.79 Å². The molecule has 3 nitrogen and oxygen atoms in total. The highest BCUT2D eigenvalue weighted by atomic mass is 35.5. The highest BCUT2D eigenvalue weighted by Gasteiger charge is 2.08. The number of aromatic hydroxyl groups is 1. The molecular formula is C13H17ClO3. The Kier molecular flexibility index (Phi) is 5.84. The van der Waals surface area contributed by atoms with Gasteiger partial charge in [0.25, 0.3) is 0 Å². The molecular weight excluding hydrogens is 240 g/mol. The average Bonchev–Trinajstić information content (AvgIpc) is 2.30. The van der Waals surface area contributed by atoms with Crippen molar-refractivity contribution in [1.82, 2.24) is 0 Å². The lowest BCUT2D eigenvalue weighted by Crippen LogP contribution is -2.10. The molecule has 0 aliphatic carbocycles. The van der Waals surface area contributed by atoms with Gasteiger partial charge in [-0.25, -0.2) is 4.79 Å². The number of halogens is 1. The Morgan fingerprint density at radius 2 is 2.00 bits per heavy atom. The first-order valence-electron chi connectivity index (χ1n) is 5.73. The maximum absolute atomic E-state index is 11.5. The van der Waals surface area contributed by atoms with Crippen LogP contribution in [0.4, 0.5) is 0 Å². The van der Waals surface area contributed by atoms with Crippen molar-refractivity contribution in [3.63, 3.8) is 0 Å². The van der Waals surface area contributed by atoms with Crippen LogP contribution in [-0.4, -0.2) is 23.1 Å². The molecule has 0 heterocycles. The molecule has 1 unspecified atom stereocenters. The lowest BCUT2D eigenvalue weighted by Gasteiger charge is -2.08. The molecule has 0 saturated carbocycles. The molecule has 0 aliphatic heterocycles. The smallest absolute Gasteiger partial charge is 0.338 e. The highest BCUT2D eigenvalue weighted by molar-refractivity contribution is 6.20. The summed E-state index contributed by atoms with van der Waals surface area (Å²) in [5.41, 5.74) is 0.435. The predicted molar refractivity (Wildman–Crippen MR) is 67.6 cm³/mol. The van der Waals surface area contributed by atoms with Gasteiger partial charge in [-0.1, -0.05) is 13.3 Å². The molecule has 1 aromatic carbocycles. The average molecular weight is 257 g/mol.